The number of amides is 4. The summed E-state index contributed by atoms with van der Waals surface area (Å²) in [6.07, 6.45) is 1.92. The van der Waals surface area contributed by atoms with Crippen molar-refractivity contribution in [3.05, 3.63) is 42.5 Å². The number of hydrogen-bond acceptors (Lipinski definition) is 9. The molecule has 324 valence electrons. The summed E-state index contributed by atoms with van der Waals surface area (Å²) in [6, 6.07) is 5.76. The van der Waals surface area contributed by atoms with Crippen molar-refractivity contribution in [1.29, 1.82) is 0 Å². The number of nitrogens with one attached hydrogen (secondary N) is 2. The van der Waals surface area contributed by atoms with Gasteiger partial charge in [0.05, 0.1) is 13.2 Å². The number of carbonyl (C=O) groups is 4. The number of rotatable bonds is 11. The molecule has 14 nitrogen and oxygen atoms in total. The predicted molar refractivity (Wildman–Crippen MR) is 211 cm³/mol. The molecule has 1 saturated heterocycles. The van der Waals surface area contributed by atoms with Gasteiger partial charge in [0, 0.05) is 30.7 Å². The van der Waals surface area contributed by atoms with Crippen LogP contribution in [0.25, 0.3) is 10.8 Å². The van der Waals surface area contributed by atoms with E-state index in [0.29, 0.717) is 36.7 Å². The molecule has 2 aliphatic heterocycles. The van der Waals surface area contributed by atoms with E-state index in [9.17, 15) is 32.3 Å². The number of fused-ring (bicyclic) bond motifs is 3. The third kappa shape index (κ3) is 8.42. The Balaban J connectivity index is 1.43. The van der Waals surface area contributed by atoms with Gasteiger partial charge < -0.3 is 24.8 Å². The van der Waals surface area contributed by atoms with E-state index in [0.717, 1.165) is 24.1 Å². The van der Waals surface area contributed by atoms with Gasteiger partial charge in [0.25, 0.3) is 11.8 Å². The minimum absolute atomic E-state index is 0.00171. The third-order valence-corrected chi connectivity index (χ3v) is 14.7. The molecule has 0 bridgehead atoms. The van der Waals surface area contributed by atoms with Gasteiger partial charge in [0.2, 0.25) is 33.6 Å². The zero-order valence-corrected chi connectivity index (χ0v) is 35.0. The first-order valence-electron chi connectivity index (χ1n) is 20.1. The van der Waals surface area contributed by atoms with Gasteiger partial charge in [-0.3, -0.25) is 24.0 Å². The highest BCUT2D eigenvalue weighted by molar-refractivity contribution is 7.91. The number of nitrogens with zero attached hydrogens (tertiary/aromatic N) is 3. The van der Waals surface area contributed by atoms with E-state index in [1.54, 1.807) is 44.2 Å². The third-order valence-electron chi connectivity index (χ3n) is 12.6. The number of alkyl halides is 3. The van der Waals surface area contributed by atoms with Crippen molar-refractivity contribution in [2.45, 2.75) is 126 Å². The lowest BCUT2D eigenvalue weighted by atomic mass is 9.84. The maximum Gasteiger partial charge on any atom is 0.408 e. The summed E-state index contributed by atoms with van der Waals surface area (Å²) >= 11 is 0. The van der Waals surface area contributed by atoms with Crippen LogP contribution in [0.5, 0.6) is 11.8 Å². The van der Waals surface area contributed by atoms with Gasteiger partial charge in [-0.2, -0.15) is 4.98 Å². The lowest BCUT2D eigenvalue weighted by Gasteiger charge is -2.47. The van der Waals surface area contributed by atoms with Crippen molar-refractivity contribution in [2.24, 2.45) is 17.8 Å². The molecule has 3 fully saturated rings. The van der Waals surface area contributed by atoms with Crippen molar-refractivity contribution in [1.82, 2.24) is 24.8 Å². The van der Waals surface area contributed by atoms with Crippen LogP contribution in [-0.4, -0.2) is 112 Å². The number of carbonyl (C=O) groups excluding carboxylic acids is 3. The first-order valence-corrected chi connectivity index (χ1v) is 21.6. The topological polar surface area (TPSA) is 185 Å². The Morgan fingerprint density at radius 3 is 2.46 bits per heavy atom. The van der Waals surface area contributed by atoms with Crippen molar-refractivity contribution in [3.8, 4) is 11.8 Å². The highest BCUT2D eigenvalue weighted by Gasteiger charge is 2.64. The van der Waals surface area contributed by atoms with Gasteiger partial charge in [0.15, 0.2) is 0 Å². The van der Waals surface area contributed by atoms with E-state index in [4.69, 9.17) is 9.47 Å². The molecule has 2 aliphatic carbocycles. The summed E-state index contributed by atoms with van der Waals surface area (Å²) in [7, 11) is -4.48. The maximum absolute atomic E-state index is 15.4. The minimum atomic E-state index is -4.48. The minimum Gasteiger partial charge on any atom is -0.478 e. The summed E-state index contributed by atoms with van der Waals surface area (Å²) in [5.74, 6) is -7.70. The Labute approximate surface area is 342 Å². The molecule has 3 N–H and O–H groups in total. The number of carboxylic acid groups (broad SMARTS) is 1. The molecule has 3 heterocycles. The number of hydrogen-bond donors (Lipinski definition) is 3. The van der Waals surface area contributed by atoms with Crippen LogP contribution < -0.4 is 19.5 Å². The van der Waals surface area contributed by atoms with Crippen molar-refractivity contribution >= 4 is 44.6 Å². The van der Waals surface area contributed by atoms with E-state index in [2.05, 4.69) is 10.3 Å². The van der Waals surface area contributed by atoms with Gasteiger partial charge in [-0.05, 0) is 82.6 Å². The Kier molecular flexibility index (Phi) is 12.0. The Morgan fingerprint density at radius 1 is 1.14 bits per heavy atom. The SMILES string of the molecule is CCOc1cc2ccccc2c(O[C@@H]2C[C@H]3C(=O)N[C@]4(C(=O)NS(=O)(=O)C5(CF)CC5)C[C@H]4/C=C\CC[C@@H](C)C[C@@H](C)[C@H](N(C(=O)O)C(C)(C)C(C)(F)F)C(=O)N3C2)n1. The Bertz CT molecular complexity index is 2110. The molecule has 59 heavy (non-hydrogen) atoms. The van der Waals surface area contributed by atoms with E-state index >= 15 is 13.6 Å². The molecule has 1 aromatic carbocycles. The average molecular weight is 850 g/mol. The largest absolute Gasteiger partial charge is 0.478 e. The summed E-state index contributed by atoms with van der Waals surface area (Å²) in [5.41, 5.74) is -4.19. The van der Waals surface area contributed by atoms with Crippen LogP contribution in [0.15, 0.2) is 42.5 Å². The lowest BCUT2D eigenvalue weighted by molar-refractivity contribution is -0.156. The number of ether oxygens (including phenoxy) is 2. The summed E-state index contributed by atoms with van der Waals surface area (Å²) in [6.45, 7) is 6.78. The van der Waals surface area contributed by atoms with Crippen LogP contribution in [0.1, 0.15) is 86.5 Å². The van der Waals surface area contributed by atoms with Crippen LogP contribution in [0.4, 0.5) is 18.0 Å². The van der Waals surface area contributed by atoms with Gasteiger partial charge >= 0.3 is 6.09 Å². The van der Waals surface area contributed by atoms with Crippen molar-refractivity contribution in [2.75, 3.05) is 19.8 Å². The van der Waals surface area contributed by atoms with Crippen LogP contribution in [-0.2, 0) is 24.4 Å². The highest BCUT2D eigenvalue weighted by Crippen LogP contribution is 2.48. The molecule has 18 heteroatoms. The van der Waals surface area contributed by atoms with Gasteiger partial charge in [0.1, 0.15) is 40.7 Å². The number of allylic oxidation sites excluding steroid dienone is 1. The quantitative estimate of drug-likeness (QED) is 0.241. The maximum atomic E-state index is 15.4. The molecule has 2 aromatic rings. The van der Waals surface area contributed by atoms with E-state index in [-0.39, 0.29) is 56.3 Å². The normalized spacial score (nSPS) is 29.2. The van der Waals surface area contributed by atoms with Crippen LogP contribution in [0.3, 0.4) is 0 Å². The molecular weight excluding hydrogens is 796 g/mol. The molecule has 7 atom stereocenters. The highest BCUT2D eigenvalue weighted by atomic mass is 32.2. The second kappa shape index (κ2) is 16.1. The fourth-order valence-corrected chi connectivity index (χ4v) is 9.85. The first kappa shape index (κ1) is 44.0. The van der Waals surface area contributed by atoms with Gasteiger partial charge in [-0.1, -0.05) is 44.2 Å². The van der Waals surface area contributed by atoms with E-state index in [1.807, 2.05) is 23.8 Å². The molecule has 0 radical (unpaired) electrons. The van der Waals surface area contributed by atoms with Crippen molar-refractivity contribution < 1.29 is 55.3 Å². The zero-order chi connectivity index (χ0) is 43.3. The van der Waals surface area contributed by atoms with Gasteiger partial charge in [-0.25, -0.2) is 26.4 Å². The molecule has 4 amide bonds. The fraction of sp³-hybridized carbons (Fsp3) is 0.634. The summed E-state index contributed by atoms with van der Waals surface area (Å²) in [4.78, 5) is 63.0. The van der Waals surface area contributed by atoms with E-state index < -0.39 is 92.3 Å². The fourth-order valence-electron chi connectivity index (χ4n) is 8.43. The lowest BCUT2D eigenvalue weighted by Crippen LogP contribution is -2.66. The molecule has 2 saturated carbocycles. The predicted octanol–water partition coefficient (Wildman–Crippen LogP) is 5.60. The van der Waals surface area contributed by atoms with Crippen molar-refractivity contribution in [3.63, 3.8) is 0 Å². The van der Waals surface area contributed by atoms with Crippen LogP contribution in [0.2, 0.25) is 0 Å². The second-order valence-electron chi connectivity index (χ2n) is 17.3. The van der Waals surface area contributed by atoms with Crippen LogP contribution in [0, 0.1) is 17.8 Å². The monoisotopic (exact) mass is 849 g/mol. The van der Waals surface area contributed by atoms with Crippen LogP contribution >= 0.6 is 0 Å². The Hall–Kier alpha value is -4.61. The number of aromatic nitrogens is 1. The standard InChI is InChI=1S/C41H54F3N5O9S/c1-7-57-31-19-26-13-9-11-15-29(26)34(45-31)58-28-20-30-33(50)46-41(36(52)47-59(55,56)40(23-42)16-17-40)21-27(41)14-10-8-12-24(2)18-25(3)32(35(51)48(30)22-28)49(37(53)54)38(4,5)39(6,43)44/h9-11,13-15,19,24-25,27-28,30,32H,7-8,12,16-18,20-23H2,1-6H3,(H,46,50)(H,47,52)(H,53,54)/b14-10-/t24-,25-,27-,28-,30+,32+,41-/m1/s1. The van der Waals surface area contributed by atoms with E-state index in [1.165, 1.54) is 0 Å². The molecule has 4 aliphatic rings. The molecular formula is C41H54F3N5O9S. The second-order valence-corrected chi connectivity index (χ2v) is 19.4. The first-order chi connectivity index (χ1) is 27.6. The molecule has 1 aromatic heterocycles. The number of benzene rings is 1. The average Bonchev–Trinajstić information content (AvgIpc) is 4.06. The number of halogens is 3. The molecule has 6 rings (SSSR count). The smallest absolute Gasteiger partial charge is 0.408 e. The molecule has 0 spiro atoms. The van der Waals surface area contributed by atoms with Gasteiger partial charge in [-0.15, -0.1) is 0 Å². The number of pyridine rings is 1. The number of sulfonamides is 1. The Morgan fingerprint density at radius 2 is 1.83 bits per heavy atom. The summed E-state index contributed by atoms with van der Waals surface area (Å²) in [5, 5.41) is 14.7. The summed E-state index contributed by atoms with van der Waals surface area (Å²) < 4.78 is 83.5. The zero-order valence-electron chi connectivity index (χ0n) is 34.2. The molecule has 0 unspecified atom stereocenters.